The van der Waals surface area contributed by atoms with Crippen LogP contribution in [0.3, 0.4) is 0 Å². The second kappa shape index (κ2) is 12.6. The van der Waals surface area contributed by atoms with Gasteiger partial charge in [0.05, 0.1) is 11.0 Å². The quantitative estimate of drug-likeness (QED) is 0.387. The third kappa shape index (κ3) is 6.87. The highest BCUT2D eigenvalue weighted by Gasteiger charge is 2.38. The van der Waals surface area contributed by atoms with E-state index in [0.717, 1.165) is 48.4 Å². The molecular formula is C28H30F3N5O6. The van der Waals surface area contributed by atoms with Gasteiger partial charge in [0.25, 0.3) is 0 Å². The van der Waals surface area contributed by atoms with E-state index < -0.39 is 24.1 Å². The highest BCUT2D eigenvalue weighted by atomic mass is 19.4. The number of piperidine rings is 1. The predicted octanol–water partition coefficient (Wildman–Crippen LogP) is 1.98. The van der Waals surface area contributed by atoms with Crippen LogP contribution in [-0.4, -0.2) is 75.2 Å². The molecule has 0 spiro atoms. The van der Waals surface area contributed by atoms with Crippen molar-refractivity contribution in [2.24, 2.45) is 7.05 Å². The van der Waals surface area contributed by atoms with Crippen molar-refractivity contribution in [3.05, 3.63) is 58.5 Å². The summed E-state index contributed by atoms with van der Waals surface area (Å²) in [7, 11) is 1.69. The Kier molecular flexibility index (Phi) is 9.14. The number of rotatable bonds is 5. The number of nitrogens with one attached hydrogen (secondary N) is 2. The van der Waals surface area contributed by atoms with Crippen LogP contribution in [0.2, 0.25) is 0 Å². The molecule has 0 radical (unpaired) electrons. The van der Waals surface area contributed by atoms with Gasteiger partial charge in [-0.3, -0.25) is 28.8 Å². The minimum Gasteiger partial charge on any atom is -0.475 e. The first-order chi connectivity index (χ1) is 19.9. The summed E-state index contributed by atoms with van der Waals surface area (Å²) in [5, 5.41) is 12.7. The van der Waals surface area contributed by atoms with Crippen LogP contribution in [0, 0.1) is 0 Å². The van der Waals surface area contributed by atoms with E-state index in [1.165, 1.54) is 4.57 Å². The fraction of sp³-hybridized carbons (Fsp3) is 0.393. The number of benzene rings is 2. The molecule has 3 aromatic rings. The molecule has 2 aliphatic rings. The van der Waals surface area contributed by atoms with Crippen LogP contribution in [0.4, 0.5) is 13.2 Å². The van der Waals surface area contributed by atoms with Crippen LogP contribution in [-0.2, 0) is 32.6 Å². The maximum Gasteiger partial charge on any atom is 0.490 e. The van der Waals surface area contributed by atoms with Crippen molar-refractivity contribution >= 4 is 34.7 Å². The molecule has 5 rings (SSSR count). The minimum atomic E-state index is -5.08. The Morgan fingerprint density at radius 1 is 0.976 bits per heavy atom. The van der Waals surface area contributed by atoms with Crippen LogP contribution in [0.15, 0.2) is 47.3 Å². The third-order valence-corrected chi connectivity index (χ3v) is 7.24. The molecule has 2 aromatic carbocycles. The Balaban J connectivity index is 0.000000517. The molecule has 1 aromatic heterocycles. The lowest BCUT2D eigenvalue weighted by Crippen LogP contribution is -2.46. The minimum absolute atomic E-state index is 0.197. The number of piperazine rings is 1. The molecule has 3 N–H and O–H groups in total. The number of carbonyl (C=O) groups is 4. The molecule has 0 aliphatic carbocycles. The second-order valence-electron chi connectivity index (χ2n) is 10.0. The summed E-state index contributed by atoms with van der Waals surface area (Å²) >= 11 is 0. The molecule has 14 heteroatoms. The summed E-state index contributed by atoms with van der Waals surface area (Å²) in [4.78, 5) is 60.1. The number of aromatic nitrogens is 2. The zero-order valence-corrected chi connectivity index (χ0v) is 22.7. The second-order valence-corrected chi connectivity index (χ2v) is 10.0. The van der Waals surface area contributed by atoms with Crippen LogP contribution < -0.4 is 16.3 Å². The zero-order chi connectivity index (χ0) is 30.6. The first kappa shape index (κ1) is 30.5. The Hall–Kier alpha value is -4.46. The molecule has 3 heterocycles. The summed E-state index contributed by atoms with van der Waals surface area (Å²) in [6.45, 7) is 3.25. The number of carboxylic acid groups (broad SMARTS) is 1. The van der Waals surface area contributed by atoms with E-state index in [0.29, 0.717) is 24.8 Å². The molecule has 0 saturated carbocycles. The van der Waals surface area contributed by atoms with Gasteiger partial charge in [0, 0.05) is 46.1 Å². The molecule has 0 bridgehead atoms. The van der Waals surface area contributed by atoms with Crippen molar-refractivity contribution in [3.8, 4) is 11.1 Å². The molecule has 2 saturated heterocycles. The number of fused-ring (bicyclic) bond motifs is 1. The van der Waals surface area contributed by atoms with Crippen molar-refractivity contribution in [1.29, 1.82) is 0 Å². The molecule has 224 valence electrons. The fourth-order valence-electron chi connectivity index (χ4n) is 4.96. The lowest BCUT2D eigenvalue weighted by molar-refractivity contribution is -0.192. The summed E-state index contributed by atoms with van der Waals surface area (Å²) in [6, 6.07) is 13.2. The lowest BCUT2D eigenvalue weighted by atomic mass is 10.0. The van der Waals surface area contributed by atoms with Gasteiger partial charge in [-0.15, -0.1) is 0 Å². The van der Waals surface area contributed by atoms with Gasteiger partial charge >= 0.3 is 17.8 Å². The zero-order valence-electron chi connectivity index (χ0n) is 22.7. The van der Waals surface area contributed by atoms with E-state index in [9.17, 15) is 32.3 Å². The number of carboxylic acids is 1. The Bertz CT molecular complexity index is 1550. The molecule has 1 atom stereocenters. The maximum atomic E-state index is 13.0. The fourth-order valence-corrected chi connectivity index (χ4v) is 4.96. The summed E-state index contributed by atoms with van der Waals surface area (Å²) in [6.07, 6.45) is -3.36. The largest absolute Gasteiger partial charge is 0.490 e. The maximum absolute atomic E-state index is 13.0. The number of imidazole rings is 1. The molecule has 3 amide bonds. The SMILES string of the molecule is Cn1c(=O)n(C2CCC(=O)NC2=O)c2ccc(-c3ccc(CCC(=O)N4CCNCC4)cc3)cc21.O=C(O)C(F)(F)F. The molecule has 1 unspecified atom stereocenters. The molecule has 2 fully saturated rings. The average Bonchev–Trinajstić information content (AvgIpc) is 3.21. The Labute approximate surface area is 237 Å². The normalized spacial score (nSPS) is 17.4. The van der Waals surface area contributed by atoms with Crippen LogP contribution in [0.25, 0.3) is 22.2 Å². The van der Waals surface area contributed by atoms with Crippen molar-refractivity contribution in [2.45, 2.75) is 37.9 Å². The van der Waals surface area contributed by atoms with Gasteiger partial charge in [-0.05, 0) is 41.7 Å². The van der Waals surface area contributed by atoms with E-state index in [2.05, 4.69) is 10.6 Å². The third-order valence-electron chi connectivity index (χ3n) is 7.24. The van der Waals surface area contributed by atoms with Crippen molar-refractivity contribution in [1.82, 2.24) is 24.7 Å². The monoisotopic (exact) mass is 589 g/mol. The Morgan fingerprint density at radius 3 is 2.19 bits per heavy atom. The van der Waals surface area contributed by atoms with Crippen molar-refractivity contribution in [3.63, 3.8) is 0 Å². The van der Waals surface area contributed by atoms with Crippen LogP contribution in [0.1, 0.15) is 30.9 Å². The number of amides is 3. The average molecular weight is 590 g/mol. The van der Waals surface area contributed by atoms with Crippen molar-refractivity contribution < 1.29 is 37.5 Å². The number of alkyl halides is 3. The van der Waals surface area contributed by atoms with E-state index >= 15 is 0 Å². The Morgan fingerprint density at radius 2 is 1.60 bits per heavy atom. The molecule has 2 aliphatic heterocycles. The number of imide groups is 1. The topological polar surface area (TPSA) is 143 Å². The highest BCUT2D eigenvalue weighted by Crippen LogP contribution is 2.28. The number of carbonyl (C=O) groups excluding carboxylic acids is 3. The first-order valence-corrected chi connectivity index (χ1v) is 13.3. The smallest absolute Gasteiger partial charge is 0.475 e. The van der Waals surface area contributed by atoms with E-state index in [-0.39, 0.29) is 23.9 Å². The van der Waals surface area contributed by atoms with Gasteiger partial charge in [0.15, 0.2) is 0 Å². The van der Waals surface area contributed by atoms with Crippen LogP contribution in [0.5, 0.6) is 0 Å². The molecular weight excluding hydrogens is 559 g/mol. The number of aryl methyl sites for hydroxylation is 2. The van der Waals surface area contributed by atoms with Gasteiger partial charge in [0.1, 0.15) is 6.04 Å². The van der Waals surface area contributed by atoms with Crippen molar-refractivity contribution in [2.75, 3.05) is 26.2 Å². The van der Waals surface area contributed by atoms with E-state index in [1.54, 1.807) is 11.6 Å². The highest BCUT2D eigenvalue weighted by molar-refractivity contribution is 6.00. The van der Waals surface area contributed by atoms with Gasteiger partial charge in [-0.1, -0.05) is 30.3 Å². The summed E-state index contributed by atoms with van der Waals surface area (Å²) in [5.74, 6) is -3.31. The molecule has 11 nitrogen and oxygen atoms in total. The van der Waals surface area contributed by atoms with Gasteiger partial charge in [0.2, 0.25) is 17.7 Å². The number of hydrogen-bond acceptors (Lipinski definition) is 6. The number of nitrogens with zero attached hydrogens (tertiary/aromatic N) is 3. The van der Waals surface area contributed by atoms with E-state index in [4.69, 9.17) is 9.90 Å². The molecule has 42 heavy (non-hydrogen) atoms. The van der Waals surface area contributed by atoms with Gasteiger partial charge < -0.3 is 15.3 Å². The van der Waals surface area contributed by atoms with E-state index in [1.807, 2.05) is 47.4 Å². The number of aliphatic carboxylic acids is 1. The first-order valence-electron chi connectivity index (χ1n) is 13.3. The lowest BCUT2D eigenvalue weighted by Gasteiger charge is -2.27. The van der Waals surface area contributed by atoms with Crippen LogP contribution >= 0.6 is 0 Å². The summed E-state index contributed by atoms with van der Waals surface area (Å²) < 4.78 is 34.8. The summed E-state index contributed by atoms with van der Waals surface area (Å²) in [5.41, 5.74) is 4.18. The van der Waals surface area contributed by atoms with Gasteiger partial charge in [-0.25, -0.2) is 9.59 Å². The number of hydrogen-bond donors (Lipinski definition) is 3. The number of halogens is 3. The standard InChI is InChI=1S/C26H29N5O4.C2HF3O2/c1-29-22-16-19(7-8-20(22)31(26(29)35)21-9-10-23(32)28-25(21)34)18-5-2-17(3-6-18)4-11-24(33)30-14-12-27-13-15-30;3-2(4,5)1(6)7/h2-3,5-8,16,21,27H,4,9-15H2,1H3,(H,28,32,34);(H,6,7). The predicted molar refractivity (Wildman–Crippen MR) is 145 cm³/mol. The van der Waals surface area contributed by atoms with Gasteiger partial charge in [-0.2, -0.15) is 13.2 Å².